The number of esters is 1. The number of hydrogen-bond donors (Lipinski definition) is 0. The minimum Gasteiger partial charge on any atom is -0.465 e. The van der Waals surface area contributed by atoms with Crippen LogP contribution in [-0.4, -0.2) is 29.9 Å². The van der Waals surface area contributed by atoms with Gasteiger partial charge < -0.3 is 4.74 Å². The van der Waals surface area contributed by atoms with Crippen LogP contribution in [0.2, 0.25) is 0 Å². The van der Waals surface area contributed by atoms with Crippen molar-refractivity contribution in [1.29, 1.82) is 0 Å². The number of benzene rings is 3. The Morgan fingerprint density at radius 2 is 1.21 bits per heavy atom. The number of carbonyl (C=O) groups is 1. The summed E-state index contributed by atoms with van der Waals surface area (Å²) in [6.07, 6.45) is 0. The van der Waals surface area contributed by atoms with Gasteiger partial charge in [0.1, 0.15) is 17.3 Å². The molecule has 0 fully saturated rings. The van der Waals surface area contributed by atoms with Crippen molar-refractivity contribution in [2.75, 3.05) is 10.8 Å². The Morgan fingerprint density at radius 3 is 1.61 bits per heavy atom. The molecule has 0 unspecified atom stereocenters. The van der Waals surface area contributed by atoms with Gasteiger partial charge in [-0.2, -0.15) is 3.71 Å². The first-order chi connectivity index (χ1) is 15.4. The van der Waals surface area contributed by atoms with Gasteiger partial charge >= 0.3 is 5.97 Å². The van der Waals surface area contributed by atoms with Gasteiger partial charge in [-0.25, -0.2) is 30.4 Å². The van der Waals surface area contributed by atoms with E-state index in [1.165, 1.54) is 24.3 Å². The molecule has 0 aromatic heterocycles. The molecule has 0 aliphatic carbocycles. The summed E-state index contributed by atoms with van der Waals surface area (Å²) in [4.78, 5) is 10.8. The number of nitrogens with zero attached hydrogens (tertiary/aromatic N) is 1. The molecule has 0 saturated heterocycles. The fourth-order valence-electron chi connectivity index (χ4n) is 2.74. The molecule has 3 aromatic carbocycles. The summed E-state index contributed by atoms with van der Waals surface area (Å²) in [5.74, 6) is -4.04. The fraction of sp³-hybridized carbons (Fsp3) is 0.0500. The van der Waals surface area contributed by atoms with Crippen LogP contribution in [0.1, 0.15) is 10.4 Å². The second-order valence-electron chi connectivity index (χ2n) is 6.39. The summed E-state index contributed by atoms with van der Waals surface area (Å²) in [6, 6.07) is 11.0. The van der Waals surface area contributed by atoms with Gasteiger partial charge in [0.2, 0.25) is 0 Å². The van der Waals surface area contributed by atoms with Gasteiger partial charge in [-0.05, 0) is 99.8 Å². The van der Waals surface area contributed by atoms with Gasteiger partial charge in [0, 0.05) is 13.2 Å². The first kappa shape index (κ1) is 25.8. The normalized spacial score (nSPS) is 11.8. The van der Waals surface area contributed by atoms with E-state index in [9.17, 15) is 26.0 Å². The van der Waals surface area contributed by atoms with Gasteiger partial charge in [-0.1, -0.05) is 0 Å². The second-order valence-corrected chi connectivity index (χ2v) is 12.7. The van der Waals surface area contributed by atoms with E-state index in [0.717, 1.165) is 31.4 Å². The number of rotatable bonds is 6. The third kappa shape index (κ3) is 5.14. The number of hydrogen-bond acceptors (Lipinski definition) is 6. The highest BCUT2D eigenvalue weighted by molar-refractivity contribution is 14.1. The SMILES string of the molecule is COC(=O)c1cc(F)c(N(S(=O)(=O)c2ccc(I)cc2)S(=O)(=O)c2ccc(I)cc2)cc1F. The lowest BCUT2D eigenvalue weighted by Gasteiger charge is -2.25. The van der Waals surface area contributed by atoms with E-state index < -0.39 is 58.7 Å². The van der Waals surface area contributed by atoms with Crippen molar-refractivity contribution in [2.24, 2.45) is 0 Å². The van der Waals surface area contributed by atoms with Crippen LogP contribution in [0.4, 0.5) is 14.5 Å². The van der Waals surface area contributed by atoms with E-state index in [1.54, 1.807) is 0 Å². The molecule has 0 amide bonds. The van der Waals surface area contributed by atoms with Crippen molar-refractivity contribution in [3.8, 4) is 0 Å². The van der Waals surface area contributed by atoms with Gasteiger partial charge in [-0.3, -0.25) is 0 Å². The zero-order chi connectivity index (χ0) is 24.6. The summed E-state index contributed by atoms with van der Waals surface area (Å²) in [5.41, 5.74) is -1.94. The molecule has 0 heterocycles. The molecule has 0 radical (unpaired) electrons. The molecule has 7 nitrogen and oxygen atoms in total. The number of anilines is 1. The van der Waals surface area contributed by atoms with Crippen molar-refractivity contribution in [2.45, 2.75) is 9.79 Å². The lowest BCUT2D eigenvalue weighted by Crippen LogP contribution is -2.38. The van der Waals surface area contributed by atoms with Crippen LogP contribution in [0.15, 0.2) is 70.5 Å². The molecule has 3 aromatic rings. The van der Waals surface area contributed by atoms with Crippen LogP contribution in [0.25, 0.3) is 0 Å². The lowest BCUT2D eigenvalue weighted by atomic mass is 10.2. The Hall–Kier alpha value is -1.85. The molecular weight excluding hydrogens is 706 g/mol. The van der Waals surface area contributed by atoms with Crippen molar-refractivity contribution < 1.29 is 35.1 Å². The fourth-order valence-corrected chi connectivity index (χ4v) is 7.15. The summed E-state index contributed by atoms with van der Waals surface area (Å²) in [7, 11) is -8.95. The monoisotopic (exact) mass is 719 g/mol. The largest absolute Gasteiger partial charge is 0.465 e. The Balaban J connectivity index is 2.33. The van der Waals surface area contributed by atoms with E-state index in [1.807, 2.05) is 45.2 Å². The van der Waals surface area contributed by atoms with Crippen molar-refractivity contribution in [1.82, 2.24) is 0 Å². The van der Waals surface area contributed by atoms with Crippen LogP contribution >= 0.6 is 45.2 Å². The number of sulfonamides is 2. The highest BCUT2D eigenvalue weighted by Gasteiger charge is 2.39. The quantitative estimate of drug-likeness (QED) is 0.274. The number of methoxy groups -OCH3 is 1. The molecule has 0 aliphatic rings. The Morgan fingerprint density at radius 1 is 0.788 bits per heavy atom. The summed E-state index contributed by atoms with van der Waals surface area (Å²) in [6.45, 7) is 0. The molecule has 0 saturated carbocycles. The van der Waals surface area contributed by atoms with E-state index in [2.05, 4.69) is 4.74 Å². The maximum absolute atomic E-state index is 15.0. The van der Waals surface area contributed by atoms with Crippen molar-refractivity contribution >= 4 is 76.9 Å². The van der Waals surface area contributed by atoms with Crippen molar-refractivity contribution in [3.63, 3.8) is 0 Å². The van der Waals surface area contributed by atoms with E-state index >= 15 is 4.39 Å². The number of ether oxygens (including phenoxy) is 1. The van der Waals surface area contributed by atoms with Gasteiger partial charge in [0.15, 0.2) is 0 Å². The molecule has 0 bridgehead atoms. The minimum absolute atomic E-state index is 0.177. The smallest absolute Gasteiger partial charge is 0.340 e. The molecule has 0 spiro atoms. The second kappa shape index (κ2) is 9.79. The van der Waals surface area contributed by atoms with E-state index in [0.29, 0.717) is 19.3 Å². The molecule has 0 N–H and O–H groups in total. The topological polar surface area (TPSA) is 97.8 Å². The molecule has 33 heavy (non-hydrogen) atoms. The molecule has 13 heteroatoms. The maximum Gasteiger partial charge on any atom is 0.340 e. The molecule has 0 aliphatic heterocycles. The van der Waals surface area contributed by atoms with E-state index in [4.69, 9.17) is 0 Å². The van der Waals surface area contributed by atoms with Gasteiger partial charge in [0.05, 0.1) is 22.5 Å². The zero-order valence-electron chi connectivity index (χ0n) is 16.5. The third-order valence-corrected chi connectivity index (χ3v) is 9.92. The van der Waals surface area contributed by atoms with Crippen LogP contribution < -0.4 is 3.71 Å². The minimum atomic E-state index is -4.95. The predicted octanol–water partition coefficient (Wildman–Crippen LogP) is 4.54. The lowest BCUT2D eigenvalue weighted by molar-refractivity contribution is 0.0595. The summed E-state index contributed by atoms with van der Waals surface area (Å²) >= 11 is 3.85. The van der Waals surface area contributed by atoms with Crippen LogP contribution in [0.5, 0.6) is 0 Å². The van der Waals surface area contributed by atoms with Crippen LogP contribution in [-0.2, 0) is 24.8 Å². The molecule has 174 valence electrons. The highest BCUT2D eigenvalue weighted by Crippen LogP contribution is 2.34. The number of halogens is 4. The van der Waals surface area contributed by atoms with Crippen molar-refractivity contribution in [3.05, 3.63) is 85.0 Å². The van der Waals surface area contributed by atoms with E-state index in [-0.39, 0.29) is 3.71 Å². The average Bonchev–Trinajstić information content (AvgIpc) is 2.75. The Labute approximate surface area is 216 Å². The summed E-state index contributed by atoms with van der Waals surface area (Å²) < 4.78 is 88.9. The average molecular weight is 719 g/mol. The predicted molar refractivity (Wildman–Crippen MR) is 133 cm³/mol. The van der Waals surface area contributed by atoms with Crippen LogP contribution in [0, 0.1) is 18.8 Å². The molecular formula is C20H13F2I2NO6S2. The molecule has 0 atom stereocenters. The summed E-state index contributed by atoms with van der Waals surface area (Å²) in [5, 5.41) is 0. The third-order valence-electron chi connectivity index (χ3n) is 4.30. The van der Waals surface area contributed by atoms with Gasteiger partial charge in [-0.15, -0.1) is 0 Å². The Bertz CT molecular complexity index is 1350. The standard InChI is InChI=1S/C20H13F2I2NO6S2/c1-31-20(26)16-10-18(22)19(11-17(16)21)25(32(27,28)14-6-2-12(23)3-7-14)33(29,30)15-8-4-13(24)5-9-15/h2-11H,1H3. The first-order valence-corrected chi connectivity index (χ1v) is 13.8. The zero-order valence-corrected chi connectivity index (χ0v) is 22.4. The van der Waals surface area contributed by atoms with Crippen LogP contribution in [0.3, 0.4) is 0 Å². The highest BCUT2D eigenvalue weighted by atomic mass is 127. The van der Waals surface area contributed by atoms with Gasteiger partial charge in [0.25, 0.3) is 20.0 Å². The molecule has 3 rings (SSSR count). The first-order valence-electron chi connectivity index (χ1n) is 8.78. The number of carbonyl (C=O) groups excluding carboxylic acids is 1. The Kier molecular flexibility index (Phi) is 7.65. The maximum atomic E-state index is 15.0.